The molecule has 1 amide bonds. The molecule has 0 fully saturated rings. The molecular weight excluding hydrogens is 252 g/mol. The van der Waals surface area contributed by atoms with E-state index in [1.807, 2.05) is 58.9 Å². The third-order valence-electron chi connectivity index (χ3n) is 3.22. The van der Waals surface area contributed by atoms with Crippen molar-refractivity contribution in [3.63, 3.8) is 0 Å². The molecule has 0 saturated carbocycles. The standard InChI is InChI=1S/C16H26N2O2/c1-11(2)20-14-8-6-13(7-9-14)12(3)18-15(19)16(4,5)10-17/h6-9,11-12H,10,17H2,1-5H3,(H,18,19). The second-order valence-corrected chi connectivity index (χ2v) is 6.02. The van der Waals surface area contributed by atoms with Crippen molar-refractivity contribution >= 4 is 5.91 Å². The number of nitrogens with two attached hydrogens (primary N) is 1. The molecule has 4 heteroatoms. The van der Waals surface area contributed by atoms with Gasteiger partial charge in [0, 0.05) is 6.54 Å². The lowest BCUT2D eigenvalue weighted by Gasteiger charge is -2.24. The number of hydrogen-bond acceptors (Lipinski definition) is 3. The fourth-order valence-electron chi connectivity index (χ4n) is 1.68. The molecule has 0 aliphatic heterocycles. The topological polar surface area (TPSA) is 64.3 Å². The molecule has 112 valence electrons. The molecule has 1 atom stereocenters. The van der Waals surface area contributed by atoms with Crippen molar-refractivity contribution in [2.24, 2.45) is 11.1 Å². The van der Waals surface area contributed by atoms with Gasteiger partial charge in [0.1, 0.15) is 5.75 Å². The van der Waals surface area contributed by atoms with E-state index in [-0.39, 0.29) is 18.1 Å². The first-order valence-corrected chi connectivity index (χ1v) is 7.04. The zero-order chi connectivity index (χ0) is 15.3. The van der Waals surface area contributed by atoms with Crippen LogP contribution >= 0.6 is 0 Å². The predicted molar refractivity (Wildman–Crippen MR) is 81.6 cm³/mol. The third kappa shape index (κ3) is 4.53. The Kier molecular flexibility index (Phi) is 5.57. The summed E-state index contributed by atoms with van der Waals surface area (Å²) in [5.74, 6) is 0.805. The molecule has 0 radical (unpaired) electrons. The zero-order valence-corrected chi connectivity index (χ0v) is 13.1. The molecule has 0 bridgehead atoms. The second-order valence-electron chi connectivity index (χ2n) is 6.02. The van der Waals surface area contributed by atoms with Gasteiger partial charge in [-0.15, -0.1) is 0 Å². The zero-order valence-electron chi connectivity index (χ0n) is 13.1. The van der Waals surface area contributed by atoms with Crippen LogP contribution in [0.15, 0.2) is 24.3 Å². The molecule has 4 nitrogen and oxygen atoms in total. The highest BCUT2D eigenvalue weighted by molar-refractivity contribution is 5.82. The second kappa shape index (κ2) is 6.75. The van der Waals surface area contributed by atoms with Gasteiger partial charge in [-0.1, -0.05) is 12.1 Å². The van der Waals surface area contributed by atoms with Gasteiger partial charge < -0.3 is 15.8 Å². The summed E-state index contributed by atoms with van der Waals surface area (Å²) in [6.45, 7) is 9.95. The van der Waals surface area contributed by atoms with Gasteiger partial charge in [0.15, 0.2) is 0 Å². The Balaban J connectivity index is 2.68. The fraction of sp³-hybridized carbons (Fsp3) is 0.562. The van der Waals surface area contributed by atoms with Gasteiger partial charge in [0.05, 0.1) is 17.6 Å². The fourth-order valence-corrected chi connectivity index (χ4v) is 1.68. The minimum absolute atomic E-state index is 0.0324. The molecule has 1 rings (SSSR count). The van der Waals surface area contributed by atoms with Crippen molar-refractivity contribution in [2.45, 2.75) is 46.8 Å². The summed E-state index contributed by atoms with van der Waals surface area (Å²) >= 11 is 0. The first-order chi connectivity index (χ1) is 9.26. The number of carbonyl (C=O) groups excluding carboxylic acids is 1. The van der Waals surface area contributed by atoms with Gasteiger partial charge >= 0.3 is 0 Å². The molecule has 0 aliphatic carbocycles. The first-order valence-electron chi connectivity index (χ1n) is 7.04. The van der Waals surface area contributed by atoms with Gasteiger partial charge in [-0.3, -0.25) is 4.79 Å². The van der Waals surface area contributed by atoms with Crippen molar-refractivity contribution in [3.05, 3.63) is 29.8 Å². The normalized spacial score (nSPS) is 13.2. The van der Waals surface area contributed by atoms with Crippen LogP contribution in [-0.2, 0) is 4.79 Å². The highest BCUT2D eigenvalue weighted by Crippen LogP contribution is 2.20. The molecule has 0 aromatic heterocycles. The lowest BCUT2D eigenvalue weighted by atomic mass is 9.92. The molecule has 1 aromatic carbocycles. The predicted octanol–water partition coefficient (Wildman–Crippen LogP) is 2.64. The minimum atomic E-state index is -0.547. The Morgan fingerprint density at radius 1 is 1.25 bits per heavy atom. The Morgan fingerprint density at radius 3 is 2.25 bits per heavy atom. The molecular formula is C16H26N2O2. The molecule has 1 unspecified atom stereocenters. The van der Waals surface area contributed by atoms with Crippen molar-refractivity contribution in [1.82, 2.24) is 5.32 Å². The Hall–Kier alpha value is -1.55. The van der Waals surface area contributed by atoms with Crippen molar-refractivity contribution in [3.8, 4) is 5.75 Å². The number of amides is 1. The number of ether oxygens (including phenoxy) is 1. The Labute approximate surface area is 121 Å². The number of benzene rings is 1. The van der Waals surface area contributed by atoms with Gasteiger partial charge in [-0.25, -0.2) is 0 Å². The molecule has 0 aliphatic rings. The number of carbonyl (C=O) groups is 1. The van der Waals surface area contributed by atoms with E-state index in [0.29, 0.717) is 6.54 Å². The van der Waals surface area contributed by atoms with Gasteiger partial charge in [-0.2, -0.15) is 0 Å². The van der Waals surface area contributed by atoms with E-state index in [2.05, 4.69) is 5.32 Å². The average molecular weight is 278 g/mol. The van der Waals surface area contributed by atoms with Crippen LogP contribution < -0.4 is 15.8 Å². The summed E-state index contributed by atoms with van der Waals surface area (Å²) in [4.78, 5) is 12.1. The maximum atomic E-state index is 12.1. The monoisotopic (exact) mass is 278 g/mol. The highest BCUT2D eigenvalue weighted by Gasteiger charge is 2.26. The summed E-state index contributed by atoms with van der Waals surface area (Å²) in [7, 11) is 0. The van der Waals surface area contributed by atoms with Crippen LogP contribution in [0.5, 0.6) is 5.75 Å². The van der Waals surface area contributed by atoms with Crippen LogP contribution in [0.4, 0.5) is 0 Å². The quantitative estimate of drug-likeness (QED) is 0.840. The smallest absolute Gasteiger partial charge is 0.227 e. The Bertz CT molecular complexity index is 438. The number of hydrogen-bond donors (Lipinski definition) is 2. The van der Waals surface area contributed by atoms with Crippen molar-refractivity contribution in [2.75, 3.05) is 6.54 Å². The maximum absolute atomic E-state index is 12.1. The maximum Gasteiger partial charge on any atom is 0.227 e. The largest absolute Gasteiger partial charge is 0.491 e. The van der Waals surface area contributed by atoms with Crippen LogP contribution in [0.3, 0.4) is 0 Å². The van der Waals surface area contributed by atoms with E-state index in [9.17, 15) is 4.79 Å². The lowest BCUT2D eigenvalue weighted by Crippen LogP contribution is -2.42. The summed E-state index contributed by atoms with van der Waals surface area (Å²) in [5.41, 5.74) is 6.11. The molecule has 20 heavy (non-hydrogen) atoms. The molecule has 1 aromatic rings. The Morgan fingerprint density at radius 2 is 1.80 bits per heavy atom. The van der Waals surface area contributed by atoms with Crippen molar-refractivity contribution in [1.29, 1.82) is 0 Å². The molecule has 0 spiro atoms. The summed E-state index contributed by atoms with van der Waals surface area (Å²) < 4.78 is 5.60. The first kappa shape index (κ1) is 16.5. The van der Waals surface area contributed by atoms with E-state index in [0.717, 1.165) is 11.3 Å². The van der Waals surface area contributed by atoms with Gasteiger partial charge in [0.25, 0.3) is 0 Å². The molecule has 3 N–H and O–H groups in total. The third-order valence-corrected chi connectivity index (χ3v) is 3.22. The van der Waals surface area contributed by atoms with Crippen LogP contribution in [0.25, 0.3) is 0 Å². The van der Waals surface area contributed by atoms with Crippen LogP contribution in [0.2, 0.25) is 0 Å². The SMILES string of the molecule is CC(C)Oc1ccc(C(C)NC(=O)C(C)(C)CN)cc1. The number of rotatable bonds is 6. The van der Waals surface area contributed by atoms with Gasteiger partial charge in [0.2, 0.25) is 5.91 Å². The molecule has 0 saturated heterocycles. The van der Waals surface area contributed by atoms with E-state index in [1.165, 1.54) is 0 Å². The molecule has 0 heterocycles. The summed E-state index contributed by atoms with van der Waals surface area (Å²) in [5, 5.41) is 2.99. The van der Waals surface area contributed by atoms with Crippen LogP contribution in [0.1, 0.15) is 46.2 Å². The van der Waals surface area contributed by atoms with Crippen LogP contribution in [0, 0.1) is 5.41 Å². The average Bonchev–Trinajstić information content (AvgIpc) is 2.38. The summed E-state index contributed by atoms with van der Waals surface area (Å²) in [6, 6.07) is 7.73. The van der Waals surface area contributed by atoms with Crippen LogP contribution in [-0.4, -0.2) is 18.6 Å². The van der Waals surface area contributed by atoms with E-state index in [4.69, 9.17) is 10.5 Å². The van der Waals surface area contributed by atoms with Gasteiger partial charge in [-0.05, 0) is 52.3 Å². The highest BCUT2D eigenvalue weighted by atomic mass is 16.5. The van der Waals surface area contributed by atoms with E-state index in [1.54, 1.807) is 0 Å². The number of nitrogens with one attached hydrogen (secondary N) is 1. The summed E-state index contributed by atoms with van der Waals surface area (Å²) in [6.07, 6.45) is 0.156. The van der Waals surface area contributed by atoms with E-state index >= 15 is 0 Å². The van der Waals surface area contributed by atoms with Crippen molar-refractivity contribution < 1.29 is 9.53 Å². The lowest BCUT2D eigenvalue weighted by molar-refractivity contribution is -0.129. The van der Waals surface area contributed by atoms with E-state index < -0.39 is 5.41 Å². The minimum Gasteiger partial charge on any atom is -0.491 e.